The van der Waals surface area contributed by atoms with Gasteiger partial charge in [-0.3, -0.25) is 0 Å². The number of allylic oxidation sites excluding steroid dienone is 2. The first-order chi connectivity index (χ1) is 14.9. The van der Waals surface area contributed by atoms with Crippen LogP contribution < -0.4 is 0 Å². The first kappa shape index (κ1) is 32.6. The SMILES string of the molecule is CC=CCC(F)(F)C(F)(F)C(F)(F)C(F)(F)C(F)(F)C(F)(F)C(F)(F)C(F)(F)CCCCCC. The molecule has 0 nitrogen and oxygen atoms in total. The van der Waals surface area contributed by atoms with Crippen molar-refractivity contribution in [2.45, 2.75) is 99.8 Å². The van der Waals surface area contributed by atoms with Crippen LogP contribution in [-0.4, -0.2) is 47.4 Å². The predicted molar refractivity (Wildman–Crippen MR) is 87.8 cm³/mol. The monoisotopic (exact) mass is 540 g/mol. The van der Waals surface area contributed by atoms with Crippen molar-refractivity contribution in [1.82, 2.24) is 0 Å². The van der Waals surface area contributed by atoms with Gasteiger partial charge in [0.05, 0.1) is 0 Å². The van der Waals surface area contributed by atoms with Gasteiger partial charge in [0.2, 0.25) is 0 Å². The number of unbranched alkanes of at least 4 members (excludes halogenated alkanes) is 3. The van der Waals surface area contributed by atoms with Crippen LogP contribution in [0, 0.1) is 0 Å². The second kappa shape index (κ2) is 9.94. The summed E-state index contributed by atoms with van der Waals surface area (Å²) in [4.78, 5) is 0. The van der Waals surface area contributed by atoms with Crippen LogP contribution in [0.25, 0.3) is 0 Å². The largest absolute Gasteiger partial charge is 0.384 e. The van der Waals surface area contributed by atoms with E-state index in [1.54, 1.807) is 0 Å². The van der Waals surface area contributed by atoms with Crippen molar-refractivity contribution in [3.8, 4) is 0 Å². The van der Waals surface area contributed by atoms with Crippen LogP contribution in [-0.2, 0) is 0 Å². The Balaban J connectivity index is 6.48. The molecule has 204 valence electrons. The van der Waals surface area contributed by atoms with Gasteiger partial charge in [-0.05, 0) is 13.3 Å². The van der Waals surface area contributed by atoms with Crippen molar-refractivity contribution in [2.75, 3.05) is 0 Å². The van der Waals surface area contributed by atoms with Crippen LogP contribution in [0.5, 0.6) is 0 Å². The van der Waals surface area contributed by atoms with Crippen LogP contribution in [0.15, 0.2) is 12.2 Å². The van der Waals surface area contributed by atoms with Gasteiger partial charge in [-0.1, -0.05) is 38.3 Å². The van der Waals surface area contributed by atoms with E-state index in [1.165, 1.54) is 6.92 Å². The molecule has 0 unspecified atom stereocenters. The van der Waals surface area contributed by atoms with Crippen LogP contribution in [0.1, 0.15) is 52.4 Å². The molecule has 0 heterocycles. The fourth-order valence-corrected chi connectivity index (χ4v) is 2.57. The first-order valence-corrected chi connectivity index (χ1v) is 9.51. The first-order valence-electron chi connectivity index (χ1n) is 9.51. The summed E-state index contributed by atoms with van der Waals surface area (Å²) in [5.41, 5.74) is 0. The van der Waals surface area contributed by atoms with Crippen LogP contribution in [0.4, 0.5) is 70.2 Å². The Morgan fingerprint density at radius 2 is 0.824 bits per heavy atom. The lowest BCUT2D eigenvalue weighted by Crippen LogP contribution is -2.74. The summed E-state index contributed by atoms with van der Waals surface area (Å²) in [6, 6.07) is 0. The van der Waals surface area contributed by atoms with Crippen LogP contribution in [0.2, 0.25) is 0 Å². The molecule has 0 N–H and O–H groups in total. The van der Waals surface area contributed by atoms with Gasteiger partial charge >= 0.3 is 47.4 Å². The molecule has 0 saturated carbocycles. The average Bonchev–Trinajstić information content (AvgIpc) is 2.68. The maximum Gasteiger partial charge on any atom is 0.384 e. The Labute approximate surface area is 183 Å². The highest BCUT2D eigenvalue weighted by Gasteiger charge is 2.94. The maximum absolute atomic E-state index is 13.7. The van der Waals surface area contributed by atoms with Gasteiger partial charge < -0.3 is 0 Å². The normalized spacial score (nSPS) is 15.9. The van der Waals surface area contributed by atoms with Crippen LogP contribution in [0.3, 0.4) is 0 Å². The number of alkyl halides is 16. The minimum absolute atomic E-state index is 0.00211. The zero-order chi connectivity index (χ0) is 27.7. The molecule has 0 aliphatic heterocycles. The van der Waals surface area contributed by atoms with Crippen molar-refractivity contribution >= 4 is 0 Å². The summed E-state index contributed by atoms with van der Waals surface area (Å²) in [6.07, 6.45) is -5.21. The third kappa shape index (κ3) is 4.96. The Kier molecular flexibility index (Phi) is 9.53. The molecule has 0 aromatic rings. The highest BCUT2D eigenvalue weighted by Crippen LogP contribution is 2.64. The van der Waals surface area contributed by atoms with Crippen LogP contribution >= 0.6 is 0 Å². The molecule has 0 aliphatic carbocycles. The molecule has 0 radical (unpaired) electrons. The summed E-state index contributed by atoms with van der Waals surface area (Å²) < 4.78 is 218. The van der Waals surface area contributed by atoms with E-state index in [-0.39, 0.29) is 18.9 Å². The molecule has 0 amide bonds. The summed E-state index contributed by atoms with van der Waals surface area (Å²) in [5.74, 6) is -60.4. The van der Waals surface area contributed by atoms with Crippen molar-refractivity contribution in [3.05, 3.63) is 12.2 Å². The molecule has 34 heavy (non-hydrogen) atoms. The molecular weight excluding hydrogens is 520 g/mol. The third-order valence-corrected chi connectivity index (χ3v) is 4.84. The Hall–Kier alpha value is -1.38. The van der Waals surface area contributed by atoms with Gasteiger partial charge in [-0.15, -0.1) is 0 Å². The number of hydrogen-bond acceptors (Lipinski definition) is 0. The van der Waals surface area contributed by atoms with E-state index in [9.17, 15) is 70.2 Å². The van der Waals surface area contributed by atoms with Crippen molar-refractivity contribution in [1.29, 1.82) is 0 Å². The van der Waals surface area contributed by atoms with E-state index >= 15 is 0 Å². The summed E-state index contributed by atoms with van der Waals surface area (Å²) in [7, 11) is 0. The fourth-order valence-electron chi connectivity index (χ4n) is 2.57. The second-order valence-corrected chi connectivity index (χ2v) is 7.44. The highest BCUT2D eigenvalue weighted by molar-refractivity contribution is 5.16. The lowest BCUT2D eigenvalue weighted by molar-refractivity contribution is -0.453. The third-order valence-electron chi connectivity index (χ3n) is 4.84. The summed E-state index contributed by atoms with van der Waals surface area (Å²) in [6.45, 7) is 2.35. The minimum Gasteiger partial charge on any atom is -0.200 e. The van der Waals surface area contributed by atoms with Gasteiger partial charge in [0, 0.05) is 12.8 Å². The topological polar surface area (TPSA) is 0 Å². The molecule has 0 rings (SSSR count). The minimum atomic E-state index is -8.35. The lowest BCUT2D eigenvalue weighted by atomic mass is 9.86. The predicted octanol–water partition coefficient (Wildman–Crippen LogP) is 9.01. The molecular formula is C18H20F16. The van der Waals surface area contributed by atoms with E-state index in [0.29, 0.717) is 12.5 Å². The smallest absolute Gasteiger partial charge is 0.200 e. The molecule has 0 saturated heterocycles. The van der Waals surface area contributed by atoms with E-state index in [1.807, 2.05) is 0 Å². The van der Waals surface area contributed by atoms with Crippen molar-refractivity contribution in [3.63, 3.8) is 0 Å². The number of hydrogen-bond donors (Lipinski definition) is 0. The summed E-state index contributed by atoms with van der Waals surface area (Å²) >= 11 is 0. The van der Waals surface area contributed by atoms with Gasteiger partial charge in [0.1, 0.15) is 0 Å². The molecule has 16 heteroatoms. The highest BCUT2D eigenvalue weighted by atomic mass is 19.4. The Bertz CT molecular complexity index is 692. The zero-order valence-corrected chi connectivity index (χ0v) is 17.4. The van der Waals surface area contributed by atoms with E-state index < -0.39 is 66.6 Å². The molecule has 0 spiro atoms. The Morgan fingerprint density at radius 1 is 0.471 bits per heavy atom. The second-order valence-electron chi connectivity index (χ2n) is 7.44. The number of halogens is 16. The molecule has 0 aromatic carbocycles. The molecule has 0 aromatic heterocycles. The number of rotatable bonds is 14. The molecule has 0 aliphatic rings. The van der Waals surface area contributed by atoms with Gasteiger partial charge in [0.25, 0.3) is 0 Å². The van der Waals surface area contributed by atoms with Crippen molar-refractivity contribution in [2.24, 2.45) is 0 Å². The van der Waals surface area contributed by atoms with E-state index in [0.717, 1.165) is 6.92 Å². The van der Waals surface area contributed by atoms with Gasteiger partial charge in [0.15, 0.2) is 0 Å². The zero-order valence-electron chi connectivity index (χ0n) is 17.4. The Morgan fingerprint density at radius 3 is 1.18 bits per heavy atom. The summed E-state index contributed by atoms with van der Waals surface area (Å²) in [5, 5.41) is 0. The van der Waals surface area contributed by atoms with Crippen molar-refractivity contribution < 1.29 is 70.2 Å². The van der Waals surface area contributed by atoms with Gasteiger partial charge in [-0.25, -0.2) is 0 Å². The quantitative estimate of drug-likeness (QED) is 0.117. The van der Waals surface area contributed by atoms with E-state index in [4.69, 9.17) is 0 Å². The molecule has 0 atom stereocenters. The average molecular weight is 540 g/mol. The maximum atomic E-state index is 13.7. The molecule has 0 fully saturated rings. The fraction of sp³-hybridized carbons (Fsp3) is 0.889. The molecule has 0 bridgehead atoms. The van der Waals surface area contributed by atoms with Gasteiger partial charge in [-0.2, -0.15) is 70.2 Å². The standard InChI is InChI=1S/C18H20F16/c1-3-5-7-8-10-12(21,22)14(25,26)16(29,30)18(33,34)17(31,32)15(27,28)13(23,24)11(19,20)9-6-4-2/h4,6H,3,5,7-10H2,1-2H3. The lowest BCUT2D eigenvalue weighted by Gasteiger charge is -2.43. The van der Waals surface area contributed by atoms with E-state index in [2.05, 4.69) is 0 Å².